The summed E-state index contributed by atoms with van der Waals surface area (Å²) in [4.78, 5) is 25.1. The molecule has 0 N–H and O–H groups in total. The maximum Gasteiger partial charge on any atom is 1.00 e. The minimum atomic E-state index is -4.81. The fourth-order valence-corrected chi connectivity index (χ4v) is 6.00. The van der Waals surface area contributed by atoms with Gasteiger partial charge in [0.25, 0.3) is 0 Å². The summed E-state index contributed by atoms with van der Waals surface area (Å²) >= 11 is 0. The summed E-state index contributed by atoms with van der Waals surface area (Å²) in [6.07, 6.45) is 36.4. The smallest absolute Gasteiger partial charge is 0.744 e. The Morgan fingerprint density at radius 1 is 0.551 bits per heavy atom. The van der Waals surface area contributed by atoms with Crippen LogP contribution in [-0.4, -0.2) is 38.1 Å². The third kappa shape index (κ3) is 26.6. The molecule has 0 unspecified atom stereocenters. The molecule has 1 rings (SSSR count). The van der Waals surface area contributed by atoms with Gasteiger partial charge < -0.3 is 14.0 Å². The van der Waals surface area contributed by atoms with E-state index in [4.69, 9.17) is 9.47 Å². The number of ether oxygens (including phenoxy) is 2. The SMILES string of the molecule is CCCCC/C=C/CCCCCCCCCOC(=O)c1ccc(S(=O)(=O)[O-])cc1C(=O)OCCCCCCCCC/C=C/CCCCC.[K+]. The third-order valence-corrected chi connectivity index (χ3v) is 9.33. The zero-order valence-electron chi connectivity index (χ0n) is 31.2. The number of esters is 2. The molecule has 0 saturated heterocycles. The van der Waals surface area contributed by atoms with E-state index < -0.39 is 27.0 Å². The van der Waals surface area contributed by atoms with Crippen molar-refractivity contribution in [1.82, 2.24) is 0 Å². The first-order valence-electron chi connectivity index (χ1n) is 19.0. The minimum absolute atomic E-state index is 0. The Morgan fingerprint density at radius 3 is 1.29 bits per heavy atom. The second-order valence-corrected chi connectivity index (χ2v) is 14.3. The molecule has 0 aromatic heterocycles. The molecule has 1 aromatic rings. The van der Waals surface area contributed by atoms with Crippen molar-refractivity contribution in [2.24, 2.45) is 0 Å². The maximum absolute atomic E-state index is 12.9. The largest absolute Gasteiger partial charge is 1.00 e. The van der Waals surface area contributed by atoms with Crippen LogP contribution >= 0.6 is 0 Å². The van der Waals surface area contributed by atoms with E-state index in [0.717, 1.165) is 69.6 Å². The summed E-state index contributed by atoms with van der Waals surface area (Å²) in [5, 5.41) is 0. The molecular weight excluding hydrogens is 664 g/mol. The van der Waals surface area contributed by atoms with Crippen LogP contribution in [0.25, 0.3) is 0 Å². The van der Waals surface area contributed by atoms with Gasteiger partial charge in [-0.15, -0.1) is 0 Å². The Balaban J connectivity index is 0.0000230. The predicted octanol–water partition coefficient (Wildman–Crippen LogP) is 8.42. The van der Waals surface area contributed by atoms with Gasteiger partial charge in [-0.3, -0.25) is 0 Å². The second kappa shape index (κ2) is 33.1. The number of allylic oxidation sites excluding steroid dienone is 4. The Morgan fingerprint density at radius 2 is 0.898 bits per heavy atom. The van der Waals surface area contributed by atoms with Crippen LogP contribution in [0.1, 0.15) is 189 Å². The van der Waals surface area contributed by atoms with Crippen molar-refractivity contribution in [2.45, 2.75) is 173 Å². The zero-order valence-corrected chi connectivity index (χ0v) is 35.1. The summed E-state index contributed by atoms with van der Waals surface area (Å²) < 4.78 is 45.6. The topological polar surface area (TPSA) is 110 Å². The van der Waals surface area contributed by atoms with E-state index in [1.54, 1.807) is 0 Å². The van der Waals surface area contributed by atoms with Crippen LogP contribution in [0.5, 0.6) is 0 Å². The van der Waals surface area contributed by atoms with Crippen molar-refractivity contribution in [3.63, 3.8) is 0 Å². The van der Waals surface area contributed by atoms with Crippen LogP contribution in [0.2, 0.25) is 0 Å². The number of carbonyl (C=O) groups excluding carboxylic acids is 2. The van der Waals surface area contributed by atoms with Crippen molar-refractivity contribution in [1.29, 1.82) is 0 Å². The average molecular weight is 729 g/mol. The first-order valence-corrected chi connectivity index (χ1v) is 20.5. The molecule has 49 heavy (non-hydrogen) atoms. The Kier molecular flexibility index (Phi) is 32.5. The standard InChI is InChI=1S/C40H66O7S.K/c1-3-5-7-9-11-13-15-17-19-21-23-25-27-29-33-46-39(41)37-32-31-36(48(43,44)45)35-38(37)40(42)47-34-30-28-26-24-22-20-18-16-14-12-10-8-6-4-2;/h11-14,31-32,35H,3-10,15-30,33-34H2,1-2H3,(H,43,44,45);/q;+1/p-1/b13-11+,14-12+;. The molecule has 9 heteroatoms. The zero-order chi connectivity index (χ0) is 35.1. The van der Waals surface area contributed by atoms with E-state index >= 15 is 0 Å². The fraction of sp³-hybridized carbons (Fsp3) is 0.700. The van der Waals surface area contributed by atoms with Crippen LogP contribution in [0.3, 0.4) is 0 Å². The molecule has 0 atom stereocenters. The molecule has 0 amide bonds. The van der Waals surface area contributed by atoms with Gasteiger partial charge in [-0.25, -0.2) is 18.0 Å². The van der Waals surface area contributed by atoms with Gasteiger partial charge in [0.2, 0.25) is 0 Å². The van der Waals surface area contributed by atoms with E-state index in [1.165, 1.54) is 89.9 Å². The number of carbonyl (C=O) groups is 2. The van der Waals surface area contributed by atoms with Crippen LogP contribution in [0.15, 0.2) is 47.4 Å². The third-order valence-electron chi connectivity index (χ3n) is 8.50. The summed E-state index contributed by atoms with van der Waals surface area (Å²) in [7, 11) is -4.81. The molecule has 0 aliphatic heterocycles. The maximum atomic E-state index is 12.9. The van der Waals surface area contributed by atoms with E-state index in [0.29, 0.717) is 12.8 Å². The van der Waals surface area contributed by atoms with Gasteiger partial charge in [-0.2, -0.15) is 0 Å². The van der Waals surface area contributed by atoms with Crippen LogP contribution in [0, 0.1) is 0 Å². The van der Waals surface area contributed by atoms with E-state index in [1.807, 2.05) is 0 Å². The van der Waals surface area contributed by atoms with E-state index in [9.17, 15) is 22.6 Å². The molecule has 0 saturated carbocycles. The second-order valence-electron chi connectivity index (χ2n) is 12.9. The van der Waals surface area contributed by atoms with Gasteiger partial charge in [0, 0.05) is 0 Å². The number of hydrogen-bond donors (Lipinski definition) is 0. The van der Waals surface area contributed by atoms with Crippen LogP contribution in [-0.2, 0) is 19.6 Å². The molecule has 0 spiro atoms. The Bertz CT molecular complexity index is 1150. The van der Waals surface area contributed by atoms with Crippen molar-refractivity contribution in [2.75, 3.05) is 13.2 Å². The van der Waals surface area contributed by atoms with Gasteiger partial charge in [0.1, 0.15) is 10.1 Å². The molecule has 0 fully saturated rings. The molecule has 274 valence electrons. The van der Waals surface area contributed by atoms with Crippen molar-refractivity contribution in [3.8, 4) is 0 Å². The number of hydrogen-bond acceptors (Lipinski definition) is 7. The first kappa shape index (κ1) is 48.2. The van der Waals surface area contributed by atoms with Gasteiger partial charge in [0.15, 0.2) is 0 Å². The van der Waals surface area contributed by atoms with Gasteiger partial charge in [-0.1, -0.05) is 128 Å². The normalized spacial score (nSPS) is 11.7. The fourth-order valence-electron chi connectivity index (χ4n) is 5.50. The minimum Gasteiger partial charge on any atom is -0.744 e. The first-order chi connectivity index (χ1) is 23.3. The van der Waals surface area contributed by atoms with Crippen LogP contribution in [0.4, 0.5) is 0 Å². The van der Waals surface area contributed by atoms with Crippen molar-refractivity contribution >= 4 is 22.1 Å². The van der Waals surface area contributed by atoms with Gasteiger partial charge >= 0.3 is 63.3 Å². The van der Waals surface area contributed by atoms with Crippen molar-refractivity contribution in [3.05, 3.63) is 53.6 Å². The quantitative estimate of drug-likeness (QED) is 0.0248. The monoisotopic (exact) mass is 728 g/mol. The Hall–Kier alpha value is -0.814. The molecule has 1 aromatic carbocycles. The molecular formula is C40H65KO7S. The van der Waals surface area contributed by atoms with E-state index in [2.05, 4.69) is 38.2 Å². The van der Waals surface area contributed by atoms with Gasteiger partial charge in [0.05, 0.1) is 29.2 Å². The molecule has 0 radical (unpaired) electrons. The number of rotatable bonds is 31. The molecule has 0 heterocycles. The Labute approximate surface area is 342 Å². The summed E-state index contributed by atoms with van der Waals surface area (Å²) in [6, 6.07) is 3.11. The average Bonchev–Trinajstić information content (AvgIpc) is 3.07. The number of unbranched alkanes of at least 4 members (excludes halogenated alkanes) is 20. The molecule has 0 aliphatic carbocycles. The molecule has 0 bridgehead atoms. The van der Waals surface area contributed by atoms with Crippen LogP contribution < -0.4 is 51.4 Å². The van der Waals surface area contributed by atoms with Crippen molar-refractivity contribution < 1.29 is 83.4 Å². The summed E-state index contributed by atoms with van der Waals surface area (Å²) in [5.74, 6) is -1.56. The summed E-state index contributed by atoms with van der Waals surface area (Å²) in [5.41, 5.74) is -0.352. The predicted molar refractivity (Wildman–Crippen MR) is 195 cm³/mol. The summed E-state index contributed by atoms with van der Waals surface area (Å²) in [6.45, 7) is 4.80. The molecule has 7 nitrogen and oxygen atoms in total. The van der Waals surface area contributed by atoms with E-state index in [-0.39, 0.29) is 75.7 Å². The number of benzene rings is 1. The molecule has 0 aliphatic rings. The van der Waals surface area contributed by atoms with Gasteiger partial charge in [-0.05, 0) is 82.4 Å².